The van der Waals surface area contributed by atoms with E-state index in [1.807, 2.05) is 37.2 Å². The second-order valence-electron chi connectivity index (χ2n) is 7.14. The van der Waals surface area contributed by atoms with Crippen LogP contribution in [0, 0.1) is 10.8 Å². The third kappa shape index (κ3) is 4.36. The van der Waals surface area contributed by atoms with Gasteiger partial charge >= 0.3 is 5.97 Å². The Balaban J connectivity index is 2.58. The van der Waals surface area contributed by atoms with Crippen LogP contribution in [0.5, 0.6) is 0 Å². The van der Waals surface area contributed by atoms with Gasteiger partial charge in [-0.3, -0.25) is 0 Å². The third-order valence-electron chi connectivity index (χ3n) is 4.83. The van der Waals surface area contributed by atoms with Gasteiger partial charge in [0.25, 0.3) is 0 Å². The molecule has 0 heterocycles. The number of anilines is 1. The van der Waals surface area contributed by atoms with E-state index in [0.717, 1.165) is 12.1 Å². The van der Waals surface area contributed by atoms with E-state index in [1.165, 1.54) is 0 Å². The molecule has 1 aromatic carbocycles. The van der Waals surface area contributed by atoms with Crippen LogP contribution in [0.2, 0.25) is 0 Å². The highest BCUT2D eigenvalue weighted by Crippen LogP contribution is 2.42. The smallest absolute Gasteiger partial charge is 0.338 e. The molecule has 1 rings (SSSR count). The molecule has 0 aliphatic carbocycles. The summed E-state index contributed by atoms with van der Waals surface area (Å²) in [5.74, 6) is -0.266. The molecular weight excluding hydrogens is 274 g/mol. The zero-order valence-electron chi connectivity index (χ0n) is 14.8. The molecule has 0 saturated carbocycles. The van der Waals surface area contributed by atoms with E-state index in [1.54, 1.807) is 12.1 Å². The maximum Gasteiger partial charge on any atom is 0.338 e. The first-order valence-electron chi connectivity index (χ1n) is 7.69. The average Bonchev–Trinajstić information content (AvgIpc) is 2.46. The van der Waals surface area contributed by atoms with Gasteiger partial charge in [0.2, 0.25) is 0 Å². The summed E-state index contributed by atoms with van der Waals surface area (Å²) in [5, 5.41) is 0. The molecule has 0 aromatic heterocycles. The van der Waals surface area contributed by atoms with E-state index in [0.29, 0.717) is 12.2 Å². The number of nitrogens with zero attached hydrogens (tertiary/aromatic N) is 1. The minimum atomic E-state index is -0.266. The summed E-state index contributed by atoms with van der Waals surface area (Å²) in [5.41, 5.74) is 1.66. The fourth-order valence-corrected chi connectivity index (χ4v) is 1.98. The Morgan fingerprint density at radius 1 is 1.18 bits per heavy atom. The van der Waals surface area contributed by atoms with Crippen molar-refractivity contribution >= 4 is 11.7 Å². The van der Waals surface area contributed by atoms with Crippen LogP contribution in [-0.2, 0) is 4.74 Å². The highest BCUT2D eigenvalue weighted by molar-refractivity contribution is 5.89. The molecular formula is C19H29NO2. The van der Waals surface area contributed by atoms with Crippen molar-refractivity contribution in [3.05, 3.63) is 42.5 Å². The van der Waals surface area contributed by atoms with Gasteiger partial charge in [0.05, 0.1) is 12.2 Å². The number of carbonyl (C=O) groups excluding carboxylic acids is 1. The fraction of sp³-hybridized carbons (Fsp3) is 0.526. The van der Waals surface area contributed by atoms with Crippen molar-refractivity contribution in [3.63, 3.8) is 0 Å². The summed E-state index contributed by atoms with van der Waals surface area (Å²) in [6.45, 7) is 13.0. The minimum absolute atomic E-state index is 0.00718. The Bertz CT molecular complexity index is 513. The first-order chi connectivity index (χ1) is 10.1. The highest BCUT2D eigenvalue weighted by Gasteiger charge is 2.34. The average molecular weight is 303 g/mol. The van der Waals surface area contributed by atoms with Crippen LogP contribution >= 0.6 is 0 Å². The zero-order chi connectivity index (χ0) is 17.0. The first-order valence-corrected chi connectivity index (χ1v) is 7.69. The molecule has 1 aromatic rings. The van der Waals surface area contributed by atoms with E-state index >= 15 is 0 Å². The van der Waals surface area contributed by atoms with E-state index in [-0.39, 0.29) is 16.8 Å². The molecule has 0 unspecified atom stereocenters. The Hall–Kier alpha value is -1.77. The molecule has 0 fully saturated rings. The van der Waals surface area contributed by atoms with Crippen molar-refractivity contribution in [2.45, 2.75) is 34.1 Å². The van der Waals surface area contributed by atoms with Gasteiger partial charge in [-0.25, -0.2) is 4.79 Å². The van der Waals surface area contributed by atoms with E-state index in [2.05, 4.69) is 34.3 Å². The first kappa shape index (κ1) is 18.3. The van der Waals surface area contributed by atoms with Crippen molar-refractivity contribution in [1.82, 2.24) is 0 Å². The number of hydrogen-bond donors (Lipinski definition) is 0. The number of hydrogen-bond acceptors (Lipinski definition) is 3. The molecule has 0 atom stereocenters. The van der Waals surface area contributed by atoms with Crippen molar-refractivity contribution in [2.75, 3.05) is 25.6 Å². The lowest BCUT2D eigenvalue weighted by molar-refractivity contribution is 0.0385. The predicted octanol–water partition coefficient (Wildman–Crippen LogP) is 4.54. The third-order valence-corrected chi connectivity index (χ3v) is 4.83. The molecule has 0 bridgehead atoms. The Kier molecular flexibility index (Phi) is 5.81. The van der Waals surface area contributed by atoms with E-state index in [4.69, 9.17) is 4.74 Å². The Morgan fingerprint density at radius 2 is 1.73 bits per heavy atom. The number of ether oxygens (including phenoxy) is 1. The molecule has 3 heteroatoms. The predicted molar refractivity (Wildman–Crippen MR) is 93.4 cm³/mol. The lowest BCUT2D eigenvalue weighted by atomic mass is 9.66. The summed E-state index contributed by atoms with van der Waals surface area (Å²) >= 11 is 0. The van der Waals surface area contributed by atoms with E-state index in [9.17, 15) is 4.79 Å². The fourth-order valence-electron chi connectivity index (χ4n) is 1.98. The molecule has 0 N–H and O–H groups in total. The van der Waals surface area contributed by atoms with Crippen LogP contribution in [0.1, 0.15) is 44.5 Å². The SMILES string of the molecule is C=CC(C)(C)C(C)(C)CCOC(=O)c1ccc(N(C)C)cc1. The van der Waals surface area contributed by atoms with Crippen LogP contribution in [0.15, 0.2) is 36.9 Å². The molecule has 0 saturated heterocycles. The lowest BCUT2D eigenvalue weighted by Crippen LogP contribution is -2.32. The molecule has 122 valence electrons. The monoisotopic (exact) mass is 303 g/mol. The van der Waals surface area contributed by atoms with Crippen molar-refractivity contribution in [1.29, 1.82) is 0 Å². The van der Waals surface area contributed by atoms with Crippen LogP contribution in [0.25, 0.3) is 0 Å². The number of rotatable bonds is 7. The lowest BCUT2D eigenvalue weighted by Gasteiger charge is -2.39. The van der Waals surface area contributed by atoms with Gasteiger partial charge in [-0.1, -0.05) is 33.8 Å². The minimum Gasteiger partial charge on any atom is -0.462 e. The molecule has 0 aliphatic rings. The zero-order valence-corrected chi connectivity index (χ0v) is 14.8. The van der Waals surface area contributed by atoms with Gasteiger partial charge in [-0.2, -0.15) is 0 Å². The maximum absolute atomic E-state index is 12.1. The molecule has 0 aliphatic heterocycles. The molecule has 0 spiro atoms. The number of benzene rings is 1. The van der Waals surface area contributed by atoms with Gasteiger partial charge in [0.15, 0.2) is 0 Å². The van der Waals surface area contributed by atoms with E-state index < -0.39 is 0 Å². The topological polar surface area (TPSA) is 29.5 Å². The van der Waals surface area contributed by atoms with Crippen molar-refractivity contribution < 1.29 is 9.53 Å². The van der Waals surface area contributed by atoms with Gasteiger partial charge in [-0.15, -0.1) is 6.58 Å². The highest BCUT2D eigenvalue weighted by atomic mass is 16.5. The maximum atomic E-state index is 12.1. The second-order valence-corrected chi connectivity index (χ2v) is 7.14. The molecule has 0 amide bonds. The van der Waals surface area contributed by atoms with Crippen LogP contribution < -0.4 is 4.90 Å². The standard InChI is InChI=1S/C19H29NO2/c1-8-18(2,3)19(4,5)13-14-22-17(21)15-9-11-16(12-10-15)20(6)7/h8-12H,1,13-14H2,2-7H3. The molecule has 22 heavy (non-hydrogen) atoms. The van der Waals surface area contributed by atoms with Crippen LogP contribution in [0.4, 0.5) is 5.69 Å². The van der Waals surface area contributed by atoms with Gasteiger partial charge in [0.1, 0.15) is 0 Å². The van der Waals surface area contributed by atoms with Gasteiger partial charge in [0, 0.05) is 19.8 Å². The molecule has 3 nitrogen and oxygen atoms in total. The van der Waals surface area contributed by atoms with Gasteiger partial charge < -0.3 is 9.64 Å². The normalized spacial score (nSPS) is 11.9. The molecule has 0 radical (unpaired) electrons. The van der Waals surface area contributed by atoms with Crippen molar-refractivity contribution in [3.8, 4) is 0 Å². The van der Waals surface area contributed by atoms with Crippen LogP contribution in [-0.4, -0.2) is 26.7 Å². The Morgan fingerprint density at radius 3 is 2.18 bits per heavy atom. The summed E-state index contributed by atoms with van der Waals surface area (Å²) in [4.78, 5) is 14.1. The summed E-state index contributed by atoms with van der Waals surface area (Å²) in [6.07, 6.45) is 2.77. The quantitative estimate of drug-likeness (QED) is 0.547. The number of esters is 1. The second kappa shape index (κ2) is 6.99. The van der Waals surface area contributed by atoms with Crippen molar-refractivity contribution in [2.24, 2.45) is 10.8 Å². The Labute approximate surface area is 135 Å². The summed E-state index contributed by atoms with van der Waals surface area (Å²) in [6, 6.07) is 7.44. The van der Waals surface area contributed by atoms with Gasteiger partial charge in [-0.05, 0) is 41.5 Å². The number of allylic oxidation sites excluding steroid dienone is 1. The summed E-state index contributed by atoms with van der Waals surface area (Å²) < 4.78 is 5.42. The van der Waals surface area contributed by atoms with Crippen LogP contribution in [0.3, 0.4) is 0 Å². The number of carbonyl (C=O) groups is 1. The summed E-state index contributed by atoms with van der Waals surface area (Å²) in [7, 11) is 3.94. The largest absolute Gasteiger partial charge is 0.462 e.